The van der Waals surface area contributed by atoms with Gasteiger partial charge in [0, 0.05) is 20.7 Å². The van der Waals surface area contributed by atoms with Crippen LogP contribution in [0.5, 0.6) is 5.75 Å². The molecule has 2 heterocycles. The van der Waals surface area contributed by atoms with E-state index < -0.39 is 11.5 Å². The number of methoxy groups -OCH3 is 1. The van der Waals surface area contributed by atoms with Gasteiger partial charge in [0.15, 0.2) is 0 Å². The number of hydrogen-bond donors (Lipinski definition) is 2. The molecule has 0 saturated carbocycles. The van der Waals surface area contributed by atoms with Crippen molar-refractivity contribution in [1.82, 2.24) is 9.55 Å². The van der Waals surface area contributed by atoms with Crippen LogP contribution in [0, 0.1) is 10.5 Å². The van der Waals surface area contributed by atoms with E-state index in [1.807, 2.05) is 34.9 Å². The largest absolute Gasteiger partial charge is 0.497 e. The van der Waals surface area contributed by atoms with Crippen molar-refractivity contribution in [2.24, 2.45) is 5.73 Å². The zero-order valence-electron chi connectivity index (χ0n) is 19.0. The molecule has 9 heteroatoms. The van der Waals surface area contributed by atoms with Crippen molar-refractivity contribution in [3.63, 3.8) is 0 Å². The number of primary amides is 1. The van der Waals surface area contributed by atoms with Crippen molar-refractivity contribution in [2.45, 2.75) is 13.5 Å². The summed E-state index contributed by atoms with van der Waals surface area (Å²) in [5, 5.41) is 4.00. The van der Waals surface area contributed by atoms with E-state index in [1.54, 1.807) is 20.1 Å². The van der Waals surface area contributed by atoms with E-state index in [-0.39, 0.29) is 5.56 Å². The first kappa shape index (κ1) is 22.9. The van der Waals surface area contributed by atoms with Crippen LogP contribution in [0.25, 0.3) is 22.0 Å². The van der Waals surface area contributed by atoms with Crippen LogP contribution in [-0.2, 0) is 6.54 Å². The molecular weight excluding hydrogens is 559 g/mol. The topological polar surface area (TPSA) is 112 Å². The number of carbonyl (C=O) groups is 1. The predicted octanol–water partition coefficient (Wildman–Crippen LogP) is 4.96. The van der Waals surface area contributed by atoms with Gasteiger partial charge in [0.25, 0.3) is 5.91 Å². The molecule has 5 aromatic rings. The molecule has 0 aliphatic rings. The van der Waals surface area contributed by atoms with E-state index in [1.165, 1.54) is 0 Å². The van der Waals surface area contributed by atoms with E-state index in [9.17, 15) is 9.59 Å². The maximum atomic E-state index is 12.4. The minimum absolute atomic E-state index is 0.147. The predicted molar refractivity (Wildman–Crippen MR) is 144 cm³/mol. The third-order valence-electron chi connectivity index (χ3n) is 5.88. The van der Waals surface area contributed by atoms with Crippen LogP contribution >= 0.6 is 22.6 Å². The molecule has 35 heavy (non-hydrogen) atoms. The Kier molecular flexibility index (Phi) is 5.93. The summed E-state index contributed by atoms with van der Waals surface area (Å²) in [5.74, 6) is 0.559. The Morgan fingerprint density at radius 1 is 1.14 bits per heavy atom. The number of nitrogens with one attached hydrogen (secondary N) is 1. The summed E-state index contributed by atoms with van der Waals surface area (Å²) in [6, 6.07) is 19.4. The molecule has 176 valence electrons. The Bertz CT molecular complexity index is 1640. The summed E-state index contributed by atoms with van der Waals surface area (Å²) in [6.45, 7) is 2.23. The number of amides is 1. The second kappa shape index (κ2) is 9.06. The molecule has 0 radical (unpaired) electrons. The van der Waals surface area contributed by atoms with E-state index in [2.05, 4.69) is 52.2 Å². The average molecular weight is 580 g/mol. The first-order valence-electron chi connectivity index (χ1n) is 10.8. The molecule has 0 spiro atoms. The second-order valence-electron chi connectivity index (χ2n) is 8.09. The molecule has 3 aromatic carbocycles. The number of aromatic nitrogens is 2. The van der Waals surface area contributed by atoms with Gasteiger partial charge in [-0.15, -0.1) is 0 Å². The van der Waals surface area contributed by atoms with Crippen LogP contribution in [0.3, 0.4) is 0 Å². The zero-order valence-corrected chi connectivity index (χ0v) is 21.1. The third kappa shape index (κ3) is 4.34. The summed E-state index contributed by atoms with van der Waals surface area (Å²) in [7, 11) is 1.62. The van der Waals surface area contributed by atoms with Gasteiger partial charge in [-0.25, -0.2) is 9.78 Å². The third-order valence-corrected chi connectivity index (χ3v) is 6.60. The van der Waals surface area contributed by atoms with Crippen LogP contribution in [0.2, 0.25) is 0 Å². The Morgan fingerprint density at radius 3 is 2.51 bits per heavy atom. The molecule has 1 amide bonds. The summed E-state index contributed by atoms with van der Waals surface area (Å²) in [6.07, 6.45) is 0. The Labute approximate surface area is 213 Å². The fraction of sp³-hybridized carbons (Fsp3) is 0.115. The number of halogens is 1. The molecule has 2 aromatic heterocycles. The normalized spacial score (nSPS) is 11.2. The number of aryl methyl sites for hydroxylation is 1. The van der Waals surface area contributed by atoms with E-state index in [0.29, 0.717) is 34.5 Å². The summed E-state index contributed by atoms with van der Waals surface area (Å²) in [5.41, 5.74) is 8.75. The smallest absolute Gasteiger partial charge is 0.349 e. The van der Waals surface area contributed by atoms with Crippen molar-refractivity contribution >= 4 is 62.1 Å². The lowest BCUT2D eigenvalue weighted by Crippen LogP contribution is -2.22. The molecule has 8 nitrogen and oxygen atoms in total. The molecule has 0 atom stereocenters. The minimum atomic E-state index is -0.815. The number of carbonyl (C=O) groups excluding carboxylic acids is 1. The molecule has 3 N–H and O–H groups in total. The number of hydrogen-bond acceptors (Lipinski definition) is 6. The number of imidazole rings is 1. The highest BCUT2D eigenvalue weighted by Crippen LogP contribution is 2.30. The van der Waals surface area contributed by atoms with E-state index in [4.69, 9.17) is 19.9 Å². The number of anilines is 2. The van der Waals surface area contributed by atoms with Crippen molar-refractivity contribution in [1.29, 1.82) is 0 Å². The minimum Gasteiger partial charge on any atom is -0.497 e. The molecule has 0 aliphatic carbocycles. The Morgan fingerprint density at radius 2 is 1.86 bits per heavy atom. The first-order chi connectivity index (χ1) is 16.8. The zero-order chi connectivity index (χ0) is 24.7. The highest BCUT2D eigenvalue weighted by molar-refractivity contribution is 14.1. The van der Waals surface area contributed by atoms with Gasteiger partial charge in [-0.3, -0.25) is 4.79 Å². The summed E-state index contributed by atoms with van der Waals surface area (Å²) >= 11 is 2.27. The second-order valence-corrected chi connectivity index (χ2v) is 9.34. The van der Waals surface area contributed by atoms with Crippen molar-refractivity contribution in [3.8, 4) is 5.75 Å². The van der Waals surface area contributed by atoms with Gasteiger partial charge >= 0.3 is 5.63 Å². The van der Waals surface area contributed by atoms with Crippen molar-refractivity contribution < 1.29 is 13.9 Å². The van der Waals surface area contributed by atoms with Gasteiger partial charge in [0.05, 0.1) is 24.7 Å². The van der Waals surface area contributed by atoms with Crippen LogP contribution in [-0.4, -0.2) is 22.6 Å². The summed E-state index contributed by atoms with van der Waals surface area (Å²) < 4.78 is 13.9. The van der Waals surface area contributed by atoms with Gasteiger partial charge in [0.1, 0.15) is 16.9 Å². The van der Waals surface area contributed by atoms with Gasteiger partial charge in [-0.05, 0) is 83.1 Å². The molecule has 0 unspecified atom stereocenters. The average Bonchev–Trinajstić information content (AvgIpc) is 3.15. The highest BCUT2D eigenvalue weighted by atomic mass is 127. The lowest BCUT2D eigenvalue weighted by molar-refractivity contribution is 0.0996. The fourth-order valence-electron chi connectivity index (χ4n) is 4.08. The van der Waals surface area contributed by atoms with Crippen LogP contribution in [0.4, 0.5) is 11.6 Å². The van der Waals surface area contributed by atoms with Gasteiger partial charge in [0.2, 0.25) is 5.95 Å². The maximum Gasteiger partial charge on any atom is 0.349 e. The van der Waals surface area contributed by atoms with Crippen LogP contribution in [0.15, 0.2) is 69.9 Å². The number of benzene rings is 3. The summed E-state index contributed by atoms with van der Waals surface area (Å²) in [4.78, 5) is 29.1. The number of nitrogens with zero attached hydrogens (tertiary/aromatic N) is 2. The van der Waals surface area contributed by atoms with Crippen LogP contribution in [0.1, 0.15) is 21.5 Å². The Hall–Kier alpha value is -3.86. The number of ether oxygens (including phenoxy) is 1. The molecule has 5 rings (SSSR count). The lowest BCUT2D eigenvalue weighted by Gasteiger charge is -2.12. The number of rotatable bonds is 6. The van der Waals surface area contributed by atoms with Crippen molar-refractivity contribution in [2.75, 3.05) is 12.4 Å². The molecule has 0 fully saturated rings. The quantitative estimate of drug-likeness (QED) is 0.217. The SMILES string of the molecule is COc1ccc(Nc2nc3cc4c(C)c(C(N)=O)c(=O)oc4cc3n2Cc2ccc(I)cc2)cc1. The standard InChI is InChI=1S/C26H21IN4O4/c1-14-19-11-20-21(12-22(19)35-25(33)23(14)24(28)32)31(13-15-3-5-16(27)6-4-15)26(30-20)29-17-7-9-18(34-2)10-8-17/h3-12H,13H2,1-2H3,(H2,28,32)(H,29,30). The number of nitrogens with two attached hydrogens (primary N) is 1. The highest BCUT2D eigenvalue weighted by Gasteiger charge is 2.19. The van der Waals surface area contributed by atoms with Gasteiger partial charge in [-0.1, -0.05) is 12.1 Å². The molecule has 0 bridgehead atoms. The lowest BCUT2D eigenvalue weighted by atomic mass is 10.1. The van der Waals surface area contributed by atoms with Gasteiger partial charge in [-0.2, -0.15) is 0 Å². The van der Waals surface area contributed by atoms with E-state index >= 15 is 0 Å². The van der Waals surface area contributed by atoms with Gasteiger partial charge < -0.3 is 24.8 Å². The molecule has 0 saturated heterocycles. The monoisotopic (exact) mass is 580 g/mol. The Balaban J connectivity index is 1.70. The number of fused-ring (bicyclic) bond motifs is 2. The van der Waals surface area contributed by atoms with Crippen LogP contribution < -0.4 is 21.4 Å². The first-order valence-corrected chi connectivity index (χ1v) is 11.8. The van der Waals surface area contributed by atoms with E-state index in [0.717, 1.165) is 26.1 Å². The fourth-order valence-corrected chi connectivity index (χ4v) is 4.44. The van der Waals surface area contributed by atoms with Crippen molar-refractivity contribution in [3.05, 3.63) is 91.3 Å². The molecular formula is C26H21IN4O4. The maximum absolute atomic E-state index is 12.4. The molecule has 0 aliphatic heterocycles.